The van der Waals surface area contributed by atoms with Crippen LogP contribution in [0, 0.1) is 0 Å². The summed E-state index contributed by atoms with van der Waals surface area (Å²) in [5, 5.41) is 11.0. The molecule has 16 aromatic rings. The molecule has 17 rings (SSSR count). The van der Waals surface area contributed by atoms with Crippen molar-refractivity contribution in [2.75, 3.05) is 0 Å². The minimum atomic E-state index is 0.484. The van der Waals surface area contributed by atoms with Crippen LogP contribution in [0.5, 0.6) is 0 Å². The second-order valence-corrected chi connectivity index (χ2v) is 20.2. The van der Waals surface area contributed by atoms with E-state index in [1.165, 1.54) is 11.1 Å². The zero-order valence-corrected chi connectivity index (χ0v) is 41.8. The standard InChI is InChI=1S/C68H42N10/c1-3-19-43-39-45(35-33-41(43)17-1)63-69-64(46-36-34-42-18-2-4-20-44(42)40-46)71-65(70-63)78-58-31-15-9-25-51(58)52-37-38-60-61(62(52)78)53-26-10-16-32-59(53)77(60)68-73-66(75-54-27-11-5-21-47(54)48-22-6-12-28-55(48)75)72-67(74-68)76-56-29-13-7-23-49(56)50-24-8-14-30-57(50)76/h1-33,35,37-40H,34,36H2. The summed E-state index contributed by atoms with van der Waals surface area (Å²) in [5.41, 5.74) is 12.4. The van der Waals surface area contributed by atoms with Crippen LogP contribution in [0.1, 0.15) is 23.4 Å². The third-order valence-electron chi connectivity index (χ3n) is 16.0. The highest BCUT2D eigenvalue weighted by Gasteiger charge is 2.27. The zero-order chi connectivity index (χ0) is 51.0. The maximum Gasteiger partial charge on any atom is 0.241 e. The quantitative estimate of drug-likeness (QED) is 0.165. The smallest absolute Gasteiger partial charge is 0.241 e. The molecule has 0 unspecified atom stereocenters. The highest BCUT2D eigenvalue weighted by Crippen LogP contribution is 2.43. The summed E-state index contributed by atoms with van der Waals surface area (Å²) in [6.45, 7) is 0. The molecule has 0 radical (unpaired) electrons. The lowest BCUT2D eigenvalue weighted by Crippen LogP contribution is -2.13. The molecule has 78 heavy (non-hydrogen) atoms. The van der Waals surface area contributed by atoms with Gasteiger partial charge >= 0.3 is 0 Å². The number of hydrogen-bond acceptors (Lipinski definition) is 6. The first-order valence-electron chi connectivity index (χ1n) is 26.4. The fraction of sp³-hybridized carbons (Fsp3) is 0.0294. The molecule has 0 aliphatic heterocycles. The molecule has 0 atom stereocenters. The van der Waals surface area contributed by atoms with Crippen LogP contribution < -0.4 is 0 Å². The number of rotatable bonds is 6. The Bertz CT molecular complexity index is 5010. The lowest BCUT2D eigenvalue weighted by molar-refractivity contribution is 0.848. The van der Waals surface area contributed by atoms with Crippen molar-refractivity contribution in [2.45, 2.75) is 12.8 Å². The van der Waals surface area contributed by atoms with Crippen LogP contribution in [0.3, 0.4) is 0 Å². The van der Waals surface area contributed by atoms with Gasteiger partial charge in [0.1, 0.15) is 0 Å². The van der Waals surface area contributed by atoms with Gasteiger partial charge < -0.3 is 0 Å². The minimum Gasteiger partial charge on any atom is -0.278 e. The summed E-state index contributed by atoms with van der Waals surface area (Å²) in [5.74, 6) is 3.32. The number of fused-ring (bicyclic) bond motifs is 15. The van der Waals surface area contributed by atoms with Gasteiger partial charge in [-0.1, -0.05) is 176 Å². The van der Waals surface area contributed by atoms with Crippen LogP contribution in [0.25, 0.3) is 145 Å². The van der Waals surface area contributed by atoms with E-state index in [1.54, 1.807) is 0 Å². The SMILES string of the molecule is C1=C(c2nc(-c3ccc4ccccc4c3)nc(-n3c4ccccc4c4ccc5c(c6ccccc6n5-c5nc(-n6c7ccccc7c7ccccc76)nc(-n6c7ccccc7c7ccccc76)n5)c43)n2)CCc2ccccc21. The minimum absolute atomic E-state index is 0.484. The fourth-order valence-electron chi connectivity index (χ4n) is 12.5. The summed E-state index contributed by atoms with van der Waals surface area (Å²) in [7, 11) is 0. The molecule has 0 N–H and O–H groups in total. The van der Waals surface area contributed by atoms with Crippen LogP contribution in [-0.2, 0) is 6.42 Å². The molecule has 0 bridgehead atoms. The number of nitrogens with zero attached hydrogens (tertiary/aromatic N) is 10. The van der Waals surface area contributed by atoms with Gasteiger partial charge in [-0.05, 0) is 94.9 Å². The molecule has 0 fully saturated rings. The van der Waals surface area contributed by atoms with E-state index in [1.807, 2.05) is 0 Å². The van der Waals surface area contributed by atoms with Crippen molar-refractivity contribution in [1.82, 2.24) is 48.2 Å². The van der Waals surface area contributed by atoms with Crippen LogP contribution in [0.4, 0.5) is 0 Å². The average molecular weight is 999 g/mol. The maximum absolute atomic E-state index is 5.58. The Balaban J connectivity index is 0.974. The van der Waals surface area contributed by atoms with Gasteiger partial charge in [0, 0.05) is 48.7 Å². The van der Waals surface area contributed by atoms with Gasteiger partial charge in [-0.15, -0.1) is 0 Å². The molecule has 1 aliphatic rings. The van der Waals surface area contributed by atoms with Gasteiger partial charge in [0.25, 0.3) is 0 Å². The lowest BCUT2D eigenvalue weighted by atomic mass is 9.92. The summed E-state index contributed by atoms with van der Waals surface area (Å²) in [6, 6.07) is 79.2. The van der Waals surface area contributed by atoms with Gasteiger partial charge in [0.05, 0.1) is 44.1 Å². The molecule has 10 heteroatoms. The highest BCUT2D eigenvalue weighted by molar-refractivity contribution is 6.26. The normalized spacial score (nSPS) is 12.8. The van der Waals surface area contributed by atoms with E-state index in [4.69, 9.17) is 29.9 Å². The molecule has 0 saturated carbocycles. The Morgan fingerprint density at radius 1 is 0.295 bits per heavy atom. The summed E-state index contributed by atoms with van der Waals surface area (Å²) in [6.07, 6.45) is 3.97. The molecule has 364 valence electrons. The predicted octanol–water partition coefficient (Wildman–Crippen LogP) is 15.8. The van der Waals surface area contributed by atoms with Gasteiger partial charge in [0.15, 0.2) is 11.6 Å². The first-order valence-corrected chi connectivity index (χ1v) is 26.4. The van der Waals surface area contributed by atoms with E-state index in [2.05, 4.69) is 249 Å². The van der Waals surface area contributed by atoms with Crippen LogP contribution in [0.2, 0.25) is 0 Å². The molecule has 10 aromatic carbocycles. The monoisotopic (exact) mass is 998 g/mol. The van der Waals surface area contributed by atoms with Gasteiger partial charge in [-0.3, -0.25) is 18.3 Å². The summed E-state index contributed by atoms with van der Waals surface area (Å²) in [4.78, 5) is 33.0. The third-order valence-corrected chi connectivity index (χ3v) is 16.0. The second-order valence-electron chi connectivity index (χ2n) is 20.2. The number of para-hydroxylation sites is 6. The predicted molar refractivity (Wildman–Crippen MR) is 316 cm³/mol. The van der Waals surface area contributed by atoms with Crippen molar-refractivity contribution in [1.29, 1.82) is 0 Å². The largest absolute Gasteiger partial charge is 0.278 e. The van der Waals surface area contributed by atoms with E-state index in [-0.39, 0.29) is 0 Å². The van der Waals surface area contributed by atoms with Crippen molar-refractivity contribution in [2.24, 2.45) is 0 Å². The van der Waals surface area contributed by atoms with Gasteiger partial charge in [0.2, 0.25) is 23.8 Å². The Labute approximate surface area is 445 Å². The molecule has 0 saturated heterocycles. The third kappa shape index (κ3) is 6.25. The van der Waals surface area contributed by atoms with Crippen molar-refractivity contribution < 1.29 is 0 Å². The van der Waals surface area contributed by atoms with E-state index < -0.39 is 0 Å². The first kappa shape index (κ1) is 42.7. The molecule has 0 amide bonds. The molecule has 0 spiro atoms. The summed E-state index contributed by atoms with van der Waals surface area (Å²) < 4.78 is 8.84. The molecule has 1 aliphatic carbocycles. The molecule has 10 nitrogen and oxygen atoms in total. The lowest BCUT2D eigenvalue weighted by Gasteiger charge is -2.17. The maximum atomic E-state index is 5.58. The number of hydrogen-bond donors (Lipinski definition) is 0. The molecule has 6 heterocycles. The van der Waals surface area contributed by atoms with Crippen LogP contribution in [-0.4, -0.2) is 48.2 Å². The Kier molecular flexibility index (Phi) is 9.02. The fourth-order valence-corrected chi connectivity index (χ4v) is 12.5. The number of benzene rings is 10. The van der Waals surface area contributed by atoms with Crippen molar-refractivity contribution in [3.63, 3.8) is 0 Å². The molecule has 6 aromatic heterocycles. The zero-order valence-electron chi connectivity index (χ0n) is 41.8. The van der Waals surface area contributed by atoms with Crippen LogP contribution in [0.15, 0.2) is 224 Å². The Hall–Kier alpha value is -10.6. The van der Waals surface area contributed by atoms with E-state index in [9.17, 15) is 0 Å². The van der Waals surface area contributed by atoms with Crippen molar-refractivity contribution in [3.05, 3.63) is 241 Å². The number of aromatic nitrogens is 10. The second kappa shape index (κ2) is 16.5. The van der Waals surface area contributed by atoms with E-state index in [0.29, 0.717) is 35.4 Å². The van der Waals surface area contributed by atoms with E-state index >= 15 is 0 Å². The average Bonchev–Trinajstić information content (AvgIpc) is 4.44. The molecular weight excluding hydrogens is 957 g/mol. The Morgan fingerprint density at radius 3 is 1.35 bits per heavy atom. The van der Waals surface area contributed by atoms with Gasteiger partial charge in [-0.25, -0.2) is 4.98 Å². The van der Waals surface area contributed by atoms with Crippen LogP contribution >= 0.6 is 0 Å². The summed E-state index contributed by atoms with van der Waals surface area (Å²) >= 11 is 0. The van der Waals surface area contributed by atoms with Crippen molar-refractivity contribution in [3.8, 4) is 35.2 Å². The van der Waals surface area contributed by atoms with Crippen molar-refractivity contribution >= 4 is 110 Å². The highest BCUT2D eigenvalue weighted by atomic mass is 15.3. The Morgan fingerprint density at radius 2 is 0.744 bits per heavy atom. The topological polar surface area (TPSA) is 97.1 Å². The number of aryl methyl sites for hydroxylation is 1. The van der Waals surface area contributed by atoms with E-state index in [0.717, 1.165) is 122 Å². The van der Waals surface area contributed by atoms with Gasteiger partial charge in [-0.2, -0.15) is 24.9 Å². The molecular formula is C68H42N10. The number of allylic oxidation sites excluding steroid dienone is 1. The first-order chi connectivity index (χ1) is 38.7.